The Kier molecular flexibility index (Phi) is 9.52. The molecule has 4 nitrogen and oxygen atoms in total. The third-order valence-electron chi connectivity index (χ3n) is 2.57. The first kappa shape index (κ1) is 15.6. The van der Waals surface area contributed by atoms with Crippen LogP contribution in [0.3, 0.4) is 0 Å². The summed E-state index contributed by atoms with van der Waals surface area (Å²) in [5.41, 5.74) is 0. The fourth-order valence-electron chi connectivity index (χ4n) is 1.79. The van der Waals surface area contributed by atoms with Gasteiger partial charge in [0.25, 0.3) is 0 Å². The molecule has 96 valence electrons. The monoisotopic (exact) mass is 232 g/mol. The van der Waals surface area contributed by atoms with Crippen LogP contribution < -0.4 is 0 Å². The van der Waals surface area contributed by atoms with Gasteiger partial charge in [0.1, 0.15) is 0 Å². The molecule has 0 bridgehead atoms. The average Bonchev–Trinajstić information content (AvgIpc) is 2.31. The van der Waals surface area contributed by atoms with Crippen molar-refractivity contribution in [1.82, 2.24) is 0 Å². The highest BCUT2D eigenvalue weighted by Crippen LogP contribution is 2.22. The Bertz CT molecular complexity index is 152. The third kappa shape index (κ3) is 5.07. The standard InChI is InChI=1S/C12H24O4/c1-6-7-8-9-10(11(13-2)14-3)12(15-4)16-5/h6,10-12H,1,7-9H2,2-5H3. The Morgan fingerprint density at radius 1 is 0.938 bits per heavy atom. The lowest BCUT2D eigenvalue weighted by molar-refractivity contribution is -0.223. The third-order valence-corrected chi connectivity index (χ3v) is 2.57. The molecule has 0 aliphatic rings. The molecule has 0 atom stereocenters. The van der Waals surface area contributed by atoms with Crippen molar-refractivity contribution in [3.05, 3.63) is 12.7 Å². The largest absolute Gasteiger partial charge is 0.355 e. The van der Waals surface area contributed by atoms with Gasteiger partial charge >= 0.3 is 0 Å². The maximum Gasteiger partial charge on any atom is 0.164 e. The molecule has 16 heavy (non-hydrogen) atoms. The smallest absolute Gasteiger partial charge is 0.164 e. The molecule has 0 spiro atoms. The van der Waals surface area contributed by atoms with Crippen LogP contribution in [-0.4, -0.2) is 41.0 Å². The van der Waals surface area contributed by atoms with Crippen molar-refractivity contribution in [3.63, 3.8) is 0 Å². The zero-order valence-corrected chi connectivity index (χ0v) is 10.8. The lowest BCUT2D eigenvalue weighted by atomic mass is 10.0. The van der Waals surface area contributed by atoms with Crippen LogP contribution in [0.5, 0.6) is 0 Å². The fourth-order valence-corrected chi connectivity index (χ4v) is 1.79. The lowest BCUT2D eigenvalue weighted by Gasteiger charge is -2.30. The van der Waals surface area contributed by atoms with Gasteiger partial charge in [-0.1, -0.05) is 6.08 Å². The molecule has 0 rings (SSSR count). The van der Waals surface area contributed by atoms with Crippen LogP contribution in [0.15, 0.2) is 12.7 Å². The predicted octanol–water partition coefficient (Wildman–Crippen LogP) is 2.20. The predicted molar refractivity (Wildman–Crippen MR) is 63.2 cm³/mol. The summed E-state index contributed by atoms with van der Waals surface area (Å²) in [6, 6.07) is 0. The molecule has 0 unspecified atom stereocenters. The fraction of sp³-hybridized carbons (Fsp3) is 0.833. The summed E-state index contributed by atoms with van der Waals surface area (Å²) in [5.74, 6) is 0.0601. The van der Waals surface area contributed by atoms with E-state index < -0.39 is 0 Å². The summed E-state index contributed by atoms with van der Waals surface area (Å²) in [6.45, 7) is 3.70. The Hall–Kier alpha value is -0.420. The van der Waals surface area contributed by atoms with Gasteiger partial charge < -0.3 is 18.9 Å². The van der Waals surface area contributed by atoms with E-state index in [-0.39, 0.29) is 18.5 Å². The molecule has 4 heteroatoms. The van der Waals surface area contributed by atoms with E-state index >= 15 is 0 Å². The van der Waals surface area contributed by atoms with Crippen molar-refractivity contribution in [2.24, 2.45) is 5.92 Å². The van der Waals surface area contributed by atoms with Gasteiger partial charge in [0, 0.05) is 28.4 Å². The molecule has 0 saturated heterocycles. The molecule has 0 radical (unpaired) electrons. The topological polar surface area (TPSA) is 36.9 Å². The van der Waals surface area contributed by atoms with Crippen LogP contribution in [0.25, 0.3) is 0 Å². The van der Waals surface area contributed by atoms with E-state index in [4.69, 9.17) is 18.9 Å². The van der Waals surface area contributed by atoms with Crippen molar-refractivity contribution >= 4 is 0 Å². The second-order valence-corrected chi connectivity index (χ2v) is 3.56. The van der Waals surface area contributed by atoms with Crippen LogP contribution in [0.1, 0.15) is 19.3 Å². The van der Waals surface area contributed by atoms with Crippen molar-refractivity contribution in [2.45, 2.75) is 31.8 Å². The highest BCUT2D eigenvalue weighted by molar-refractivity contribution is 4.71. The van der Waals surface area contributed by atoms with Crippen molar-refractivity contribution in [2.75, 3.05) is 28.4 Å². The van der Waals surface area contributed by atoms with E-state index in [0.29, 0.717) is 0 Å². The van der Waals surface area contributed by atoms with Crippen molar-refractivity contribution in [1.29, 1.82) is 0 Å². The molecule has 0 aromatic rings. The molecule has 0 aliphatic carbocycles. The molecule has 0 N–H and O–H groups in total. The van der Waals surface area contributed by atoms with Crippen LogP contribution in [0.2, 0.25) is 0 Å². The Balaban J connectivity index is 4.39. The summed E-state index contributed by atoms with van der Waals surface area (Å²) < 4.78 is 21.1. The number of rotatable bonds is 10. The van der Waals surface area contributed by atoms with E-state index in [2.05, 4.69) is 6.58 Å². The zero-order valence-electron chi connectivity index (χ0n) is 10.8. The molecule has 0 aliphatic heterocycles. The van der Waals surface area contributed by atoms with E-state index in [1.807, 2.05) is 6.08 Å². The Morgan fingerprint density at radius 3 is 1.69 bits per heavy atom. The van der Waals surface area contributed by atoms with Crippen molar-refractivity contribution in [3.8, 4) is 0 Å². The molecule has 0 amide bonds. The summed E-state index contributed by atoms with van der Waals surface area (Å²) >= 11 is 0. The quantitative estimate of drug-likeness (QED) is 0.329. The minimum absolute atomic E-state index is 0.0601. The average molecular weight is 232 g/mol. The van der Waals surface area contributed by atoms with Crippen LogP contribution in [-0.2, 0) is 18.9 Å². The van der Waals surface area contributed by atoms with E-state index in [9.17, 15) is 0 Å². The van der Waals surface area contributed by atoms with Gasteiger partial charge in [-0.2, -0.15) is 0 Å². The second kappa shape index (κ2) is 9.78. The number of methoxy groups -OCH3 is 4. The van der Waals surface area contributed by atoms with Crippen LogP contribution >= 0.6 is 0 Å². The summed E-state index contributed by atoms with van der Waals surface area (Å²) in [4.78, 5) is 0. The number of allylic oxidation sites excluding steroid dienone is 1. The zero-order chi connectivity index (χ0) is 12.4. The first-order valence-electron chi connectivity index (χ1n) is 5.47. The highest BCUT2D eigenvalue weighted by Gasteiger charge is 2.29. The molecule has 0 fully saturated rings. The molecular formula is C12H24O4. The van der Waals surface area contributed by atoms with Gasteiger partial charge in [-0.3, -0.25) is 0 Å². The Morgan fingerprint density at radius 2 is 1.38 bits per heavy atom. The first-order chi connectivity index (χ1) is 7.74. The number of hydrogen-bond acceptors (Lipinski definition) is 4. The minimum Gasteiger partial charge on any atom is -0.355 e. The Labute approximate surface area is 98.5 Å². The molecule has 0 heterocycles. The van der Waals surface area contributed by atoms with E-state index in [1.165, 1.54) is 0 Å². The van der Waals surface area contributed by atoms with E-state index in [1.54, 1.807) is 28.4 Å². The number of unbranched alkanes of at least 4 members (excludes halogenated alkanes) is 1. The maximum atomic E-state index is 5.27. The SMILES string of the molecule is C=CCCCC(C(OC)OC)C(OC)OC. The van der Waals surface area contributed by atoms with Gasteiger partial charge in [-0.05, 0) is 19.3 Å². The van der Waals surface area contributed by atoms with Crippen LogP contribution in [0.4, 0.5) is 0 Å². The molecular weight excluding hydrogens is 208 g/mol. The normalized spacial score (nSPS) is 11.7. The lowest BCUT2D eigenvalue weighted by Crippen LogP contribution is -2.36. The minimum atomic E-state index is -0.310. The van der Waals surface area contributed by atoms with Gasteiger partial charge in [0.15, 0.2) is 12.6 Å². The maximum absolute atomic E-state index is 5.27. The highest BCUT2D eigenvalue weighted by atomic mass is 16.7. The summed E-state index contributed by atoms with van der Waals surface area (Å²) in [7, 11) is 6.49. The number of ether oxygens (including phenoxy) is 4. The van der Waals surface area contributed by atoms with Crippen LogP contribution in [0, 0.1) is 5.92 Å². The van der Waals surface area contributed by atoms with Gasteiger partial charge in [0.05, 0.1) is 5.92 Å². The van der Waals surface area contributed by atoms with Crippen molar-refractivity contribution < 1.29 is 18.9 Å². The second-order valence-electron chi connectivity index (χ2n) is 3.56. The number of hydrogen-bond donors (Lipinski definition) is 0. The summed E-state index contributed by atoms with van der Waals surface area (Å²) in [6.07, 6.45) is 4.17. The van der Waals surface area contributed by atoms with Gasteiger partial charge in [-0.25, -0.2) is 0 Å². The van der Waals surface area contributed by atoms with E-state index in [0.717, 1.165) is 19.3 Å². The molecule has 0 aromatic carbocycles. The summed E-state index contributed by atoms with van der Waals surface area (Å²) in [5, 5.41) is 0. The molecule has 0 saturated carbocycles. The first-order valence-corrected chi connectivity index (χ1v) is 5.47. The van der Waals surface area contributed by atoms with Gasteiger partial charge in [0.2, 0.25) is 0 Å². The van der Waals surface area contributed by atoms with Gasteiger partial charge in [-0.15, -0.1) is 6.58 Å². The molecule has 0 aromatic heterocycles.